The topological polar surface area (TPSA) is 12.9 Å². The van der Waals surface area contributed by atoms with Gasteiger partial charge < -0.3 is 0 Å². The third-order valence-corrected chi connectivity index (χ3v) is 1.54. The second-order valence-electron chi connectivity index (χ2n) is 1.72. The van der Waals surface area contributed by atoms with Crippen LogP contribution < -0.4 is 0 Å². The fourth-order valence-corrected chi connectivity index (χ4v) is 1.02. The molecule has 1 rings (SSSR count). The molecular weight excluding hydrogens is 174 g/mol. The zero-order valence-corrected chi connectivity index (χ0v) is 6.12. The molecule has 0 aliphatic carbocycles. The highest BCUT2D eigenvalue weighted by molar-refractivity contribution is 8.00. The lowest BCUT2D eigenvalue weighted by Crippen LogP contribution is -1.99. The van der Waals surface area contributed by atoms with Gasteiger partial charge in [0.1, 0.15) is 5.03 Å². The van der Waals surface area contributed by atoms with Gasteiger partial charge >= 0.3 is 5.51 Å². The number of pyridine rings is 1. The highest BCUT2D eigenvalue weighted by atomic mass is 32.2. The van der Waals surface area contributed by atoms with E-state index in [9.17, 15) is 13.2 Å². The predicted molar refractivity (Wildman–Crippen MR) is 36.1 cm³/mol. The molecule has 0 atom stereocenters. The summed E-state index contributed by atoms with van der Waals surface area (Å²) >= 11 is -0.210. The molecule has 0 saturated heterocycles. The lowest BCUT2D eigenvalue weighted by atomic mass is 10.5. The van der Waals surface area contributed by atoms with E-state index in [4.69, 9.17) is 0 Å². The second kappa shape index (κ2) is 3.13. The maximum Gasteiger partial charge on any atom is 0.447 e. The fourth-order valence-electron chi connectivity index (χ4n) is 0.526. The SMILES string of the molecule is FC(F)([18F])Sc1ccccn1. The van der Waals surface area contributed by atoms with Crippen molar-refractivity contribution in [1.82, 2.24) is 4.98 Å². The van der Waals surface area contributed by atoms with Crippen molar-refractivity contribution in [1.29, 1.82) is 0 Å². The van der Waals surface area contributed by atoms with Crippen molar-refractivity contribution in [2.45, 2.75) is 10.5 Å². The summed E-state index contributed by atoms with van der Waals surface area (Å²) < 4.78 is 35.0. The van der Waals surface area contributed by atoms with Crippen LogP contribution in [0.1, 0.15) is 0 Å². The van der Waals surface area contributed by atoms with Crippen LogP contribution in [0.25, 0.3) is 0 Å². The molecule has 0 spiro atoms. The fraction of sp³-hybridized carbons (Fsp3) is 0.167. The van der Waals surface area contributed by atoms with Gasteiger partial charge in [-0.1, -0.05) is 6.07 Å². The van der Waals surface area contributed by atoms with Crippen molar-refractivity contribution >= 4 is 11.8 Å². The second-order valence-corrected chi connectivity index (χ2v) is 2.80. The molecule has 0 fully saturated rings. The molecule has 0 N–H and O–H groups in total. The Morgan fingerprint density at radius 3 is 2.45 bits per heavy atom. The molecule has 0 amide bonds. The number of nitrogens with zero attached hydrogens (tertiary/aromatic N) is 1. The largest absolute Gasteiger partial charge is 0.447 e. The van der Waals surface area contributed by atoms with E-state index in [-0.39, 0.29) is 16.8 Å². The van der Waals surface area contributed by atoms with E-state index in [1.165, 1.54) is 18.3 Å². The minimum absolute atomic E-state index is 0.0278. The summed E-state index contributed by atoms with van der Waals surface area (Å²) in [5, 5.41) is -0.0278. The first-order chi connectivity index (χ1) is 5.08. The van der Waals surface area contributed by atoms with Crippen molar-refractivity contribution in [2.24, 2.45) is 0 Å². The van der Waals surface area contributed by atoms with E-state index in [0.29, 0.717) is 0 Å². The molecule has 1 aromatic heterocycles. The number of rotatable bonds is 1. The first-order valence-electron chi connectivity index (χ1n) is 2.75. The van der Waals surface area contributed by atoms with E-state index < -0.39 is 5.51 Å². The molecule has 0 saturated carbocycles. The third-order valence-electron chi connectivity index (χ3n) is 0.858. The molecule has 0 aliphatic rings. The van der Waals surface area contributed by atoms with E-state index in [0.717, 1.165) is 0 Å². The molecule has 1 heterocycles. The number of thioether (sulfide) groups is 1. The zero-order chi connectivity index (χ0) is 8.32. The predicted octanol–water partition coefficient (Wildman–Crippen LogP) is 2.69. The zero-order valence-electron chi connectivity index (χ0n) is 5.30. The van der Waals surface area contributed by atoms with Gasteiger partial charge in [-0.15, -0.1) is 0 Å². The van der Waals surface area contributed by atoms with E-state index in [1.54, 1.807) is 6.07 Å². The van der Waals surface area contributed by atoms with Crippen LogP contribution in [0.3, 0.4) is 0 Å². The summed E-state index contributed by atoms with van der Waals surface area (Å²) in [6.45, 7) is 0. The molecular formula is C6H4F3NS. The first-order valence-corrected chi connectivity index (χ1v) is 3.56. The van der Waals surface area contributed by atoms with Crippen LogP contribution in [-0.4, -0.2) is 10.5 Å². The van der Waals surface area contributed by atoms with Gasteiger partial charge in [0.2, 0.25) is 0 Å². The Kier molecular flexibility index (Phi) is 2.38. The van der Waals surface area contributed by atoms with Crippen LogP contribution in [0.15, 0.2) is 29.4 Å². The lowest BCUT2D eigenvalue weighted by molar-refractivity contribution is -0.0329. The Bertz CT molecular complexity index is 221. The summed E-state index contributed by atoms with van der Waals surface area (Å²) in [6.07, 6.45) is 1.33. The normalized spacial score (nSPS) is 11.5. The van der Waals surface area contributed by atoms with Gasteiger partial charge in [-0.2, -0.15) is 13.2 Å². The summed E-state index contributed by atoms with van der Waals surface area (Å²) in [6, 6.07) is 4.40. The highest BCUT2D eigenvalue weighted by Crippen LogP contribution is 2.35. The van der Waals surface area contributed by atoms with E-state index in [2.05, 4.69) is 4.98 Å². The van der Waals surface area contributed by atoms with Crippen LogP contribution in [0, 0.1) is 0 Å². The first kappa shape index (κ1) is 8.39. The number of alkyl halides is 3. The Morgan fingerprint density at radius 2 is 2.00 bits per heavy atom. The van der Waals surface area contributed by atoms with Crippen LogP contribution in [0.5, 0.6) is 0 Å². The Hall–Kier alpha value is -0.710. The quantitative estimate of drug-likeness (QED) is 0.613. The monoisotopic (exact) mass is 178 g/mol. The number of aromatic nitrogens is 1. The van der Waals surface area contributed by atoms with Gasteiger partial charge in [0.15, 0.2) is 0 Å². The number of halogens is 3. The van der Waals surface area contributed by atoms with Gasteiger partial charge in [0.25, 0.3) is 0 Å². The van der Waals surface area contributed by atoms with Gasteiger partial charge in [-0.05, 0) is 12.1 Å². The van der Waals surface area contributed by atoms with Gasteiger partial charge in [-0.3, -0.25) is 0 Å². The van der Waals surface area contributed by atoms with Crippen LogP contribution in [0.4, 0.5) is 13.2 Å². The molecule has 1 aromatic rings. The maximum atomic E-state index is 11.7. The van der Waals surface area contributed by atoms with Crippen LogP contribution >= 0.6 is 11.8 Å². The summed E-state index contributed by atoms with van der Waals surface area (Å²) in [4.78, 5) is 3.51. The minimum Gasteiger partial charge on any atom is -0.250 e. The summed E-state index contributed by atoms with van der Waals surface area (Å²) in [5.74, 6) is 0. The molecule has 0 aromatic carbocycles. The molecule has 0 bridgehead atoms. The van der Waals surface area contributed by atoms with Crippen molar-refractivity contribution in [2.75, 3.05) is 0 Å². The third kappa shape index (κ3) is 3.27. The van der Waals surface area contributed by atoms with Crippen molar-refractivity contribution in [3.63, 3.8) is 0 Å². The smallest absolute Gasteiger partial charge is 0.250 e. The molecule has 1 nitrogen and oxygen atoms in total. The van der Waals surface area contributed by atoms with Crippen LogP contribution in [0.2, 0.25) is 0 Å². The van der Waals surface area contributed by atoms with Crippen molar-refractivity contribution < 1.29 is 13.2 Å². The molecule has 11 heavy (non-hydrogen) atoms. The van der Waals surface area contributed by atoms with Crippen molar-refractivity contribution in [3.05, 3.63) is 24.4 Å². The van der Waals surface area contributed by atoms with E-state index >= 15 is 0 Å². The number of hydrogen-bond acceptors (Lipinski definition) is 2. The summed E-state index contributed by atoms with van der Waals surface area (Å²) in [5.41, 5.74) is -4.24. The van der Waals surface area contributed by atoms with Crippen molar-refractivity contribution in [3.8, 4) is 0 Å². The van der Waals surface area contributed by atoms with E-state index in [1.807, 2.05) is 0 Å². The average molecular weight is 178 g/mol. The average Bonchev–Trinajstić information content (AvgIpc) is 1.85. The van der Waals surface area contributed by atoms with Gasteiger partial charge in [0, 0.05) is 18.0 Å². The summed E-state index contributed by atoms with van der Waals surface area (Å²) in [7, 11) is 0. The highest BCUT2D eigenvalue weighted by Gasteiger charge is 2.29. The Labute approximate surface area is 65.6 Å². The Morgan fingerprint density at radius 1 is 1.27 bits per heavy atom. The van der Waals surface area contributed by atoms with Gasteiger partial charge in [0.05, 0.1) is 0 Å². The molecule has 0 unspecified atom stereocenters. The molecule has 60 valence electrons. The van der Waals surface area contributed by atoms with Crippen LogP contribution in [-0.2, 0) is 0 Å². The van der Waals surface area contributed by atoms with Gasteiger partial charge in [-0.25, -0.2) is 4.98 Å². The lowest BCUT2D eigenvalue weighted by Gasteiger charge is -2.02. The number of hydrogen-bond donors (Lipinski definition) is 0. The Balaban J connectivity index is 2.66. The molecule has 0 aliphatic heterocycles. The minimum atomic E-state index is -4.24. The molecule has 0 radical (unpaired) electrons. The standard InChI is InChI=1S/C6H4F3NS/c7-6(8,9)11-5-3-1-2-4-10-5/h1-4H/i7-1. The maximum absolute atomic E-state index is 11.7. The molecule has 5 heteroatoms.